The van der Waals surface area contributed by atoms with Crippen LogP contribution in [0.25, 0.3) is 0 Å². The van der Waals surface area contributed by atoms with Gasteiger partial charge in [0.2, 0.25) is 11.8 Å². The van der Waals surface area contributed by atoms with E-state index in [1.807, 2.05) is 0 Å². The highest BCUT2D eigenvalue weighted by atomic mass is 16.4. The first kappa shape index (κ1) is 11.6. The highest BCUT2D eigenvalue weighted by molar-refractivity contribution is 6.05. The van der Waals surface area contributed by atoms with Gasteiger partial charge in [-0.05, 0) is 0 Å². The maximum Gasteiger partial charge on any atom is 0.307 e. The Labute approximate surface area is 87.2 Å². The second kappa shape index (κ2) is 4.39. The second-order valence-corrected chi connectivity index (χ2v) is 3.70. The van der Waals surface area contributed by atoms with Gasteiger partial charge < -0.3 is 10.4 Å². The van der Waals surface area contributed by atoms with Crippen molar-refractivity contribution in [2.24, 2.45) is 5.92 Å². The van der Waals surface area contributed by atoms with Crippen molar-refractivity contribution in [3.63, 3.8) is 0 Å². The van der Waals surface area contributed by atoms with E-state index in [1.165, 1.54) is 7.05 Å². The van der Waals surface area contributed by atoms with Crippen LogP contribution in [0.15, 0.2) is 0 Å². The lowest BCUT2D eigenvalue weighted by molar-refractivity contribution is -0.141. The fourth-order valence-corrected chi connectivity index (χ4v) is 1.32. The van der Waals surface area contributed by atoms with E-state index in [4.69, 9.17) is 5.11 Å². The number of hydrogen-bond acceptors (Lipinski definition) is 4. The summed E-state index contributed by atoms with van der Waals surface area (Å²) in [4.78, 5) is 34.1. The third-order valence-corrected chi connectivity index (χ3v) is 2.47. The van der Waals surface area contributed by atoms with Gasteiger partial charge in [-0.25, -0.2) is 0 Å². The number of likely N-dealkylation sites (tertiary alicyclic amines) is 1. The molecule has 1 rings (SSSR count). The SMILES string of the molecule is CC(CNC1CC(=O)N(C)C1=O)C(=O)O. The van der Waals surface area contributed by atoms with Gasteiger partial charge in [0.15, 0.2) is 0 Å². The second-order valence-electron chi connectivity index (χ2n) is 3.70. The molecule has 0 aromatic heterocycles. The lowest BCUT2D eigenvalue weighted by Gasteiger charge is -2.12. The molecule has 0 aliphatic carbocycles. The fourth-order valence-electron chi connectivity index (χ4n) is 1.32. The van der Waals surface area contributed by atoms with E-state index in [9.17, 15) is 14.4 Å². The van der Waals surface area contributed by atoms with Crippen molar-refractivity contribution in [1.29, 1.82) is 0 Å². The van der Waals surface area contributed by atoms with E-state index in [-0.39, 0.29) is 24.8 Å². The van der Waals surface area contributed by atoms with E-state index in [2.05, 4.69) is 5.32 Å². The van der Waals surface area contributed by atoms with Gasteiger partial charge in [-0.3, -0.25) is 19.3 Å². The number of carboxylic acids is 1. The van der Waals surface area contributed by atoms with Crippen LogP contribution in [0.4, 0.5) is 0 Å². The van der Waals surface area contributed by atoms with Gasteiger partial charge >= 0.3 is 5.97 Å². The average Bonchev–Trinajstić information content (AvgIpc) is 2.42. The summed E-state index contributed by atoms with van der Waals surface area (Å²) in [7, 11) is 1.42. The zero-order valence-corrected chi connectivity index (χ0v) is 8.69. The minimum atomic E-state index is -0.923. The standard InChI is InChI=1S/C9H14N2O4/c1-5(9(14)15)4-10-6-3-7(12)11(2)8(6)13/h5-6,10H,3-4H2,1-2H3,(H,14,15). The number of hydrogen-bond donors (Lipinski definition) is 2. The molecular weight excluding hydrogens is 200 g/mol. The molecular formula is C9H14N2O4. The number of carbonyl (C=O) groups excluding carboxylic acids is 2. The predicted octanol–water partition coefficient (Wildman–Crippen LogP) is -0.946. The molecule has 6 nitrogen and oxygen atoms in total. The third-order valence-electron chi connectivity index (χ3n) is 2.47. The van der Waals surface area contributed by atoms with Crippen molar-refractivity contribution in [2.75, 3.05) is 13.6 Å². The smallest absolute Gasteiger partial charge is 0.307 e. The van der Waals surface area contributed by atoms with Gasteiger partial charge in [0.05, 0.1) is 18.4 Å². The number of carboxylic acid groups (broad SMARTS) is 1. The van der Waals surface area contributed by atoms with Crippen molar-refractivity contribution in [3.8, 4) is 0 Å². The molecule has 0 aromatic rings. The minimum absolute atomic E-state index is 0.113. The van der Waals surface area contributed by atoms with Crippen molar-refractivity contribution < 1.29 is 19.5 Å². The molecule has 2 atom stereocenters. The average molecular weight is 214 g/mol. The number of aliphatic carboxylic acids is 1. The van der Waals surface area contributed by atoms with Crippen LogP contribution in [0, 0.1) is 5.92 Å². The Bertz CT molecular complexity index is 302. The molecule has 2 N–H and O–H groups in total. The number of nitrogens with one attached hydrogen (secondary N) is 1. The Morgan fingerprint density at radius 2 is 2.27 bits per heavy atom. The van der Waals surface area contributed by atoms with E-state index in [0.717, 1.165) is 4.90 Å². The monoisotopic (exact) mass is 214 g/mol. The fraction of sp³-hybridized carbons (Fsp3) is 0.667. The first-order chi connectivity index (χ1) is 6.93. The Kier molecular flexibility index (Phi) is 3.41. The van der Waals surface area contributed by atoms with Gasteiger partial charge in [0.25, 0.3) is 0 Å². The zero-order chi connectivity index (χ0) is 11.6. The van der Waals surface area contributed by atoms with E-state index in [1.54, 1.807) is 6.92 Å². The van der Waals surface area contributed by atoms with Crippen LogP contribution in [-0.2, 0) is 14.4 Å². The zero-order valence-electron chi connectivity index (χ0n) is 8.69. The van der Waals surface area contributed by atoms with Gasteiger partial charge in [-0.1, -0.05) is 6.92 Å². The minimum Gasteiger partial charge on any atom is -0.481 e. The Balaban J connectivity index is 2.44. The van der Waals surface area contributed by atoms with Gasteiger partial charge in [-0.2, -0.15) is 0 Å². The van der Waals surface area contributed by atoms with Crippen molar-refractivity contribution >= 4 is 17.8 Å². The Morgan fingerprint density at radius 3 is 2.67 bits per heavy atom. The van der Waals surface area contributed by atoms with Crippen LogP contribution in [0.1, 0.15) is 13.3 Å². The summed E-state index contributed by atoms with van der Waals surface area (Å²) in [5, 5.41) is 11.4. The van der Waals surface area contributed by atoms with Crippen LogP contribution in [-0.4, -0.2) is 47.4 Å². The summed E-state index contributed by atoms with van der Waals surface area (Å²) in [6.45, 7) is 1.73. The molecule has 1 aliphatic heterocycles. The van der Waals surface area contributed by atoms with Crippen LogP contribution in [0.3, 0.4) is 0 Å². The molecule has 1 saturated heterocycles. The van der Waals surface area contributed by atoms with Gasteiger partial charge in [0.1, 0.15) is 0 Å². The molecule has 1 heterocycles. The lowest BCUT2D eigenvalue weighted by atomic mass is 10.1. The van der Waals surface area contributed by atoms with Crippen molar-refractivity contribution in [2.45, 2.75) is 19.4 Å². The third kappa shape index (κ3) is 2.53. The first-order valence-corrected chi connectivity index (χ1v) is 4.70. The molecule has 0 spiro atoms. The number of nitrogens with zero attached hydrogens (tertiary/aromatic N) is 1. The van der Waals surface area contributed by atoms with Crippen LogP contribution < -0.4 is 5.32 Å². The maximum absolute atomic E-state index is 11.4. The van der Waals surface area contributed by atoms with E-state index >= 15 is 0 Å². The Hall–Kier alpha value is -1.43. The van der Waals surface area contributed by atoms with E-state index in [0.29, 0.717) is 0 Å². The number of carbonyl (C=O) groups is 3. The van der Waals surface area contributed by atoms with Crippen molar-refractivity contribution in [1.82, 2.24) is 10.2 Å². The summed E-state index contributed by atoms with van der Waals surface area (Å²) in [6, 6.07) is -0.565. The molecule has 15 heavy (non-hydrogen) atoms. The number of likely N-dealkylation sites (N-methyl/N-ethyl adjacent to an activating group) is 1. The molecule has 0 radical (unpaired) electrons. The highest BCUT2D eigenvalue weighted by Gasteiger charge is 2.35. The van der Waals surface area contributed by atoms with Crippen LogP contribution >= 0.6 is 0 Å². The normalized spacial score (nSPS) is 23.3. The quantitative estimate of drug-likeness (QED) is 0.589. The van der Waals surface area contributed by atoms with Gasteiger partial charge in [-0.15, -0.1) is 0 Å². The summed E-state index contributed by atoms with van der Waals surface area (Å²) >= 11 is 0. The van der Waals surface area contributed by atoms with E-state index < -0.39 is 17.9 Å². The maximum atomic E-state index is 11.4. The molecule has 1 fully saturated rings. The molecule has 84 valence electrons. The molecule has 0 saturated carbocycles. The van der Waals surface area contributed by atoms with Crippen molar-refractivity contribution in [3.05, 3.63) is 0 Å². The molecule has 6 heteroatoms. The molecule has 2 amide bonds. The topological polar surface area (TPSA) is 86.7 Å². The number of rotatable bonds is 4. The largest absolute Gasteiger partial charge is 0.481 e. The Morgan fingerprint density at radius 1 is 1.67 bits per heavy atom. The summed E-state index contributed by atoms with van der Waals surface area (Å²) in [6.07, 6.45) is 0.113. The number of imide groups is 1. The lowest BCUT2D eigenvalue weighted by Crippen LogP contribution is -2.40. The van der Waals surface area contributed by atoms with Gasteiger partial charge in [0, 0.05) is 13.6 Å². The summed E-state index contributed by atoms with van der Waals surface area (Å²) in [5.41, 5.74) is 0. The molecule has 0 aromatic carbocycles. The molecule has 1 aliphatic rings. The van der Waals surface area contributed by atoms with Crippen LogP contribution in [0.5, 0.6) is 0 Å². The van der Waals surface area contributed by atoms with Crippen LogP contribution in [0.2, 0.25) is 0 Å². The predicted molar refractivity (Wildman–Crippen MR) is 51.0 cm³/mol. The molecule has 2 unspecified atom stereocenters. The number of amides is 2. The highest BCUT2D eigenvalue weighted by Crippen LogP contribution is 2.10. The summed E-state index contributed by atoms with van der Waals surface area (Å²) < 4.78 is 0. The molecule has 0 bridgehead atoms. The summed E-state index contributed by atoms with van der Waals surface area (Å²) in [5.74, 6) is -2.02. The first-order valence-electron chi connectivity index (χ1n) is 4.70.